The van der Waals surface area contributed by atoms with Gasteiger partial charge in [-0.05, 0) is 52.4 Å². The first-order valence-electron chi connectivity index (χ1n) is 10.5. The summed E-state index contributed by atoms with van der Waals surface area (Å²) >= 11 is 1.60. The minimum absolute atomic E-state index is 0.151. The van der Waals surface area contributed by atoms with Gasteiger partial charge in [0, 0.05) is 44.3 Å². The van der Waals surface area contributed by atoms with Crippen molar-refractivity contribution in [1.29, 1.82) is 0 Å². The number of pyridine rings is 1. The summed E-state index contributed by atoms with van der Waals surface area (Å²) in [7, 11) is 0. The van der Waals surface area contributed by atoms with E-state index in [1.165, 1.54) is 5.56 Å². The third-order valence-corrected chi connectivity index (χ3v) is 6.94. The van der Waals surface area contributed by atoms with Crippen molar-refractivity contribution in [3.63, 3.8) is 0 Å². The highest BCUT2D eigenvalue weighted by Gasteiger charge is 2.35. The molecule has 1 saturated heterocycles. The molecule has 30 heavy (non-hydrogen) atoms. The number of rotatable bonds is 5. The van der Waals surface area contributed by atoms with Gasteiger partial charge < -0.3 is 9.88 Å². The van der Waals surface area contributed by atoms with Crippen molar-refractivity contribution in [3.05, 3.63) is 92.0 Å². The zero-order chi connectivity index (χ0) is 20.5. The Morgan fingerprint density at radius 2 is 1.90 bits per heavy atom. The van der Waals surface area contributed by atoms with Gasteiger partial charge in [-0.2, -0.15) is 11.3 Å². The van der Waals surface area contributed by atoms with Crippen LogP contribution in [0.3, 0.4) is 0 Å². The molecule has 0 radical (unpaired) electrons. The van der Waals surface area contributed by atoms with E-state index in [4.69, 9.17) is 0 Å². The Labute approximate surface area is 180 Å². The molecule has 4 heterocycles. The molecule has 1 aromatic carbocycles. The highest BCUT2D eigenvalue weighted by atomic mass is 32.1. The lowest BCUT2D eigenvalue weighted by Gasteiger charge is -2.43. The number of nitrogens with one attached hydrogen (secondary N) is 1. The molecule has 5 nitrogen and oxygen atoms in total. The Morgan fingerprint density at radius 1 is 1.03 bits per heavy atom. The average molecular weight is 420 g/mol. The van der Waals surface area contributed by atoms with Crippen molar-refractivity contribution in [2.45, 2.75) is 32.0 Å². The third kappa shape index (κ3) is 3.85. The number of hydrogen-bond donors (Lipinski definition) is 1. The van der Waals surface area contributed by atoms with Crippen molar-refractivity contribution in [2.24, 2.45) is 5.92 Å². The summed E-state index contributed by atoms with van der Waals surface area (Å²) in [6.45, 7) is 4.03. The number of amides is 1. The smallest absolute Gasteiger partial charge is 0.263 e. The van der Waals surface area contributed by atoms with E-state index in [0.717, 1.165) is 37.3 Å². The Kier molecular flexibility index (Phi) is 5.27. The van der Waals surface area contributed by atoms with Crippen molar-refractivity contribution < 1.29 is 4.79 Å². The van der Waals surface area contributed by atoms with Crippen LogP contribution in [-0.4, -0.2) is 28.5 Å². The number of fused-ring (bicyclic) bond motifs is 4. The number of carbonyl (C=O) groups is 1. The van der Waals surface area contributed by atoms with E-state index in [-0.39, 0.29) is 17.0 Å². The van der Waals surface area contributed by atoms with E-state index in [1.54, 1.807) is 17.4 Å². The molecule has 154 valence electrons. The molecule has 2 aliphatic rings. The topological polar surface area (TPSA) is 54.3 Å². The van der Waals surface area contributed by atoms with Gasteiger partial charge in [0.1, 0.15) is 5.56 Å². The molecule has 1 amide bonds. The summed E-state index contributed by atoms with van der Waals surface area (Å²) in [4.78, 5) is 28.2. The summed E-state index contributed by atoms with van der Waals surface area (Å²) in [5.41, 5.74) is 3.55. The van der Waals surface area contributed by atoms with Crippen molar-refractivity contribution in [3.8, 4) is 0 Å². The summed E-state index contributed by atoms with van der Waals surface area (Å²) < 4.78 is 1.86. The largest absolute Gasteiger partial charge is 0.348 e. The van der Waals surface area contributed by atoms with E-state index in [0.29, 0.717) is 24.9 Å². The Bertz CT molecular complexity index is 1090. The molecule has 0 saturated carbocycles. The van der Waals surface area contributed by atoms with Crippen LogP contribution in [0.15, 0.2) is 64.1 Å². The fourth-order valence-corrected chi connectivity index (χ4v) is 5.53. The number of aromatic nitrogens is 1. The van der Waals surface area contributed by atoms with Crippen LogP contribution in [0.1, 0.15) is 39.5 Å². The van der Waals surface area contributed by atoms with E-state index < -0.39 is 0 Å². The second kappa shape index (κ2) is 8.20. The second-order valence-electron chi connectivity index (χ2n) is 8.38. The first-order chi connectivity index (χ1) is 14.7. The maximum atomic E-state index is 13.1. The Hall–Kier alpha value is -2.70. The molecule has 2 aliphatic heterocycles. The molecule has 5 rings (SSSR count). The molecule has 0 unspecified atom stereocenters. The predicted molar refractivity (Wildman–Crippen MR) is 119 cm³/mol. The van der Waals surface area contributed by atoms with Gasteiger partial charge in [0.05, 0.1) is 0 Å². The minimum atomic E-state index is -0.289. The van der Waals surface area contributed by atoms with E-state index in [2.05, 4.69) is 34.5 Å². The number of likely N-dealkylation sites (tertiary alicyclic amines) is 1. The maximum Gasteiger partial charge on any atom is 0.263 e. The molecule has 2 bridgehead atoms. The summed E-state index contributed by atoms with van der Waals surface area (Å²) in [5, 5.41) is 6.86. The van der Waals surface area contributed by atoms with Gasteiger partial charge in [-0.25, -0.2) is 0 Å². The average Bonchev–Trinajstić information content (AvgIpc) is 3.27. The molecule has 0 spiro atoms. The zero-order valence-corrected chi connectivity index (χ0v) is 17.6. The molecule has 3 aromatic rings. The minimum Gasteiger partial charge on any atom is -0.348 e. The van der Waals surface area contributed by atoms with Gasteiger partial charge in [0.2, 0.25) is 0 Å². The SMILES string of the molecule is O=C(NCc1ccsc1)c1ccc2n(c1=O)C[C@H]1C[C@@H]2CN(Cc2ccccc2)C1. The lowest BCUT2D eigenvalue weighted by Crippen LogP contribution is -2.47. The molecule has 1 N–H and O–H groups in total. The predicted octanol–water partition coefficient (Wildman–Crippen LogP) is 3.46. The highest BCUT2D eigenvalue weighted by Crippen LogP contribution is 2.35. The number of nitrogens with zero attached hydrogens (tertiary/aromatic N) is 2. The quantitative estimate of drug-likeness (QED) is 0.689. The number of thiophene rings is 1. The molecule has 2 aromatic heterocycles. The molecule has 0 aliphatic carbocycles. The van der Waals surface area contributed by atoms with Gasteiger partial charge in [0.15, 0.2) is 0 Å². The van der Waals surface area contributed by atoms with Crippen LogP contribution in [-0.2, 0) is 19.6 Å². The highest BCUT2D eigenvalue weighted by molar-refractivity contribution is 7.07. The van der Waals surface area contributed by atoms with Crippen molar-refractivity contribution in [2.75, 3.05) is 13.1 Å². The number of hydrogen-bond acceptors (Lipinski definition) is 4. The van der Waals surface area contributed by atoms with Crippen LogP contribution >= 0.6 is 11.3 Å². The van der Waals surface area contributed by atoms with Crippen molar-refractivity contribution in [1.82, 2.24) is 14.8 Å². The molecular formula is C24H25N3O2S. The standard InChI is InChI=1S/C24H25N3O2S/c28-23(25-11-18-8-9-30-16-18)21-6-7-22-20-10-19(14-27(22)24(21)29)13-26(15-20)12-17-4-2-1-3-5-17/h1-9,16,19-20H,10-15H2,(H,25,28)/t19-,20+/m0/s1. The van der Waals surface area contributed by atoms with Crippen LogP contribution in [0.4, 0.5) is 0 Å². The van der Waals surface area contributed by atoms with Gasteiger partial charge >= 0.3 is 0 Å². The molecule has 1 fully saturated rings. The lowest BCUT2D eigenvalue weighted by atomic mass is 9.82. The number of carbonyl (C=O) groups excluding carboxylic acids is 1. The molecule has 6 heteroatoms. The molecular weight excluding hydrogens is 394 g/mol. The first-order valence-corrected chi connectivity index (χ1v) is 11.4. The van der Waals surface area contributed by atoms with E-state index >= 15 is 0 Å². The van der Waals surface area contributed by atoms with Gasteiger partial charge in [-0.3, -0.25) is 14.5 Å². The van der Waals surface area contributed by atoms with Gasteiger partial charge in [-0.15, -0.1) is 0 Å². The van der Waals surface area contributed by atoms with Crippen LogP contribution in [0.5, 0.6) is 0 Å². The van der Waals surface area contributed by atoms with Crippen molar-refractivity contribution >= 4 is 17.2 Å². The van der Waals surface area contributed by atoms with E-state index in [9.17, 15) is 9.59 Å². The summed E-state index contributed by atoms with van der Waals surface area (Å²) in [6, 6.07) is 16.2. The molecule has 2 atom stereocenters. The Balaban J connectivity index is 1.33. The van der Waals surface area contributed by atoms with E-state index in [1.807, 2.05) is 33.5 Å². The van der Waals surface area contributed by atoms with Gasteiger partial charge in [-0.1, -0.05) is 30.3 Å². The van der Waals surface area contributed by atoms with Crippen LogP contribution in [0, 0.1) is 5.92 Å². The lowest BCUT2D eigenvalue weighted by molar-refractivity contribution is 0.0944. The number of piperidine rings is 1. The van der Waals surface area contributed by atoms with Crippen LogP contribution in [0.2, 0.25) is 0 Å². The van der Waals surface area contributed by atoms with Crippen LogP contribution in [0.25, 0.3) is 0 Å². The normalized spacial score (nSPS) is 20.5. The Morgan fingerprint density at radius 3 is 2.70 bits per heavy atom. The monoisotopic (exact) mass is 419 g/mol. The fraction of sp³-hybridized carbons (Fsp3) is 0.333. The number of benzene rings is 1. The summed E-state index contributed by atoms with van der Waals surface area (Å²) in [6.07, 6.45) is 1.12. The third-order valence-electron chi connectivity index (χ3n) is 6.21. The summed E-state index contributed by atoms with van der Waals surface area (Å²) in [5.74, 6) is 0.501. The van der Waals surface area contributed by atoms with Crippen LogP contribution < -0.4 is 10.9 Å². The first kappa shape index (κ1) is 19.3. The van der Waals surface area contributed by atoms with Gasteiger partial charge in [0.25, 0.3) is 11.5 Å². The second-order valence-corrected chi connectivity index (χ2v) is 9.16. The fourth-order valence-electron chi connectivity index (χ4n) is 4.86. The maximum absolute atomic E-state index is 13.1. The zero-order valence-electron chi connectivity index (χ0n) is 16.8.